The highest BCUT2D eigenvalue weighted by molar-refractivity contribution is 5.95. The number of aliphatic carboxylic acids is 1. The second kappa shape index (κ2) is 14.2. The normalized spacial score (nSPS) is 18.2. The average molecular weight is 612 g/mol. The fraction of sp³-hybridized carbons (Fsp3) is 0.294. The van der Waals surface area contributed by atoms with Crippen molar-refractivity contribution in [3.63, 3.8) is 0 Å². The van der Waals surface area contributed by atoms with E-state index in [1.54, 1.807) is 36.5 Å². The number of benzene rings is 3. The van der Waals surface area contributed by atoms with Gasteiger partial charge in [0, 0.05) is 42.9 Å². The third-order valence-corrected chi connectivity index (χ3v) is 8.11. The molecule has 1 aliphatic heterocycles. The van der Waals surface area contributed by atoms with Gasteiger partial charge in [-0.2, -0.15) is 0 Å². The van der Waals surface area contributed by atoms with E-state index in [4.69, 9.17) is 5.73 Å². The summed E-state index contributed by atoms with van der Waals surface area (Å²) in [5, 5.41) is 26.6. The molecule has 0 aliphatic carbocycles. The molecule has 0 saturated carbocycles. The SMILES string of the molecule is N[C@H](Cc1c[nH]c2ccccc12)C(=O)N[C@@H](Cc1ccccc1)C(=O)N1C[C@H](O)C[C@@H]1C(=O)N[C@@H](Cc1ccccc1)C(=O)O. The number of rotatable bonds is 12. The number of hydrogen-bond acceptors (Lipinski definition) is 6. The van der Waals surface area contributed by atoms with Crippen LogP contribution in [-0.2, 0) is 38.4 Å². The Hall–Kier alpha value is -5.00. The van der Waals surface area contributed by atoms with Crippen molar-refractivity contribution in [1.82, 2.24) is 20.5 Å². The minimum atomic E-state index is -1.24. The number of carboxylic acid groups (broad SMARTS) is 1. The van der Waals surface area contributed by atoms with Gasteiger partial charge in [0.25, 0.3) is 0 Å². The first-order valence-corrected chi connectivity index (χ1v) is 14.9. The number of aromatic nitrogens is 1. The number of carboxylic acids is 1. The van der Waals surface area contributed by atoms with Crippen LogP contribution in [0.1, 0.15) is 23.1 Å². The Morgan fingerprint density at radius 1 is 0.844 bits per heavy atom. The number of carbonyl (C=O) groups excluding carboxylic acids is 3. The van der Waals surface area contributed by atoms with Gasteiger partial charge in [-0.25, -0.2) is 4.79 Å². The largest absolute Gasteiger partial charge is 0.480 e. The second-order valence-electron chi connectivity index (χ2n) is 11.4. The number of hydrogen-bond donors (Lipinski definition) is 6. The van der Waals surface area contributed by atoms with E-state index in [0.29, 0.717) is 0 Å². The van der Waals surface area contributed by atoms with Crippen LogP contribution < -0.4 is 16.4 Å². The number of amides is 3. The Bertz CT molecular complexity index is 1640. The maximum Gasteiger partial charge on any atom is 0.326 e. The van der Waals surface area contributed by atoms with Gasteiger partial charge in [0.05, 0.1) is 12.1 Å². The number of aliphatic hydroxyl groups is 1. The molecule has 0 bridgehead atoms. The molecule has 0 radical (unpaired) electrons. The van der Waals surface area contributed by atoms with Crippen molar-refractivity contribution in [1.29, 1.82) is 0 Å². The smallest absolute Gasteiger partial charge is 0.326 e. The van der Waals surface area contributed by atoms with Gasteiger partial charge in [0.2, 0.25) is 17.7 Å². The summed E-state index contributed by atoms with van der Waals surface area (Å²) in [6.07, 6.45) is 1.14. The van der Waals surface area contributed by atoms with Gasteiger partial charge in [-0.15, -0.1) is 0 Å². The molecule has 0 spiro atoms. The number of β-amino-alcohol motifs (C(OH)–C–C–N with tert-alkyl or cyclic N) is 1. The predicted molar refractivity (Wildman–Crippen MR) is 168 cm³/mol. The number of nitrogens with one attached hydrogen (secondary N) is 3. The molecule has 3 aromatic carbocycles. The van der Waals surface area contributed by atoms with Crippen LogP contribution in [0.25, 0.3) is 10.9 Å². The first-order valence-electron chi connectivity index (χ1n) is 14.9. The van der Waals surface area contributed by atoms with Crippen LogP contribution in [-0.4, -0.2) is 80.6 Å². The third kappa shape index (κ3) is 7.75. The third-order valence-electron chi connectivity index (χ3n) is 8.11. The number of fused-ring (bicyclic) bond motifs is 1. The van der Waals surface area contributed by atoms with E-state index in [0.717, 1.165) is 27.6 Å². The van der Waals surface area contributed by atoms with Gasteiger partial charge in [0.1, 0.15) is 18.1 Å². The highest BCUT2D eigenvalue weighted by atomic mass is 16.4. The molecule has 45 heavy (non-hydrogen) atoms. The van der Waals surface area contributed by atoms with Crippen molar-refractivity contribution < 1.29 is 29.4 Å². The summed E-state index contributed by atoms with van der Waals surface area (Å²) in [5.41, 5.74) is 9.61. The molecule has 5 rings (SSSR count). The van der Waals surface area contributed by atoms with Crippen molar-refractivity contribution in [2.45, 2.75) is 56.0 Å². The first-order chi connectivity index (χ1) is 21.7. The summed E-state index contributed by atoms with van der Waals surface area (Å²) in [4.78, 5) is 57.2. The van der Waals surface area contributed by atoms with Crippen LogP contribution in [0.3, 0.4) is 0 Å². The molecule has 7 N–H and O–H groups in total. The van der Waals surface area contributed by atoms with Crippen molar-refractivity contribution in [2.75, 3.05) is 6.54 Å². The summed E-state index contributed by atoms with van der Waals surface area (Å²) in [6.45, 7) is -0.143. The molecule has 2 heterocycles. The van der Waals surface area contributed by atoms with Gasteiger partial charge < -0.3 is 36.5 Å². The Balaban J connectivity index is 1.32. The highest BCUT2D eigenvalue weighted by Gasteiger charge is 2.42. The number of nitrogens with two attached hydrogens (primary N) is 1. The fourth-order valence-electron chi connectivity index (χ4n) is 5.78. The Morgan fingerprint density at radius 2 is 1.44 bits per heavy atom. The summed E-state index contributed by atoms with van der Waals surface area (Å²) >= 11 is 0. The summed E-state index contributed by atoms with van der Waals surface area (Å²) < 4.78 is 0. The molecule has 4 aromatic rings. The van der Waals surface area contributed by atoms with E-state index >= 15 is 0 Å². The summed E-state index contributed by atoms with van der Waals surface area (Å²) in [5.74, 6) is -3.02. The number of aromatic amines is 1. The lowest BCUT2D eigenvalue weighted by atomic mass is 10.0. The number of carbonyl (C=O) groups is 4. The maximum absolute atomic E-state index is 14.0. The van der Waals surface area contributed by atoms with Crippen molar-refractivity contribution in [3.05, 3.63) is 108 Å². The first kappa shape index (κ1) is 31.4. The minimum Gasteiger partial charge on any atom is -0.480 e. The van der Waals surface area contributed by atoms with E-state index in [-0.39, 0.29) is 32.2 Å². The van der Waals surface area contributed by atoms with Crippen molar-refractivity contribution in [2.24, 2.45) is 5.73 Å². The number of H-pyrrole nitrogens is 1. The fourth-order valence-corrected chi connectivity index (χ4v) is 5.78. The van der Waals surface area contributed by atoms with E-state index in [9.17, 15) is 29.4 Å². The van der Waals surface area contributed by atoms with Crippen LogP contribution >= 0.6 is 0 Å². The molecule has 1 saturated heterocycles. The van der Waals surface area contributed by atoms with Crippen LogP contribution in [0.5, 0.6) is 0 Å². The lowest BCUT2D eigenvalue weighted by Gasteiger charge is -2.30. The zero-order chi connectivity index (χ0) is 31.9. The maximum atomic E-state index is 14.0. The monoisotopic (exact) mass is 611 g/mol. The number of aliphatic hydroxyl groups excluding tert-OH is 1. The Morgan fingerprint density at radius 3 is 2.09 bits per heavy atom. The molecule has 5 atom stereocenters. The van der Waals surface area contributed by atoms with Gasteiger partial charge in [-0.1, -0.05) is 78.9 Å². The quantitative estimate of drug-likeness (QED) is 0.141. The minimum absolute atomic E-state index is 0.0478. The number of nitrogens with zero attached hydrogens (tertiary/aromatic N) is 1. The van der Waals surface area contributed by atoms with Gasteiger partial charge in [-0.05, 0) is 29.2 Å². The van der Waals surface area contributed by atoms with Crippen molar-refractivity contribution >= 4 is 34.6 Å². The van der Waals surface area contributed by atoms with Crippen molar-refractivity contribution in [3.8, 4) is 0 Å². The summed E-state index contributed by atoms with van der Waals surface area (Å²) in [7, 11) is 0. The lowest BCUT2D eigenvalue weighted by Crippen LogP contribution is -2.57. The molecular formula is C34H37N5O6. The topological polar surface area (TPSA) is 178 Å². The Kier molecular flexibility index (Phi) is 9.91. The zero-order valence-electron chi connectivity index (χ0n) is 24.6. The molecule has 11 heteroatoms. The van der Waals surface area contributed by atoms with Crippen LogP contribution in [0.4, 0.5) is 0 Å². The van der Waals surface area contributed by atoms with Crippen LogP contribution in [0, 0.1) is 0 Å². The van der Waals surface area contributed by atoms with Gasteiger partial charge >= 0.3 is 5.97 Å². The van der Waals surface area contributed by atoms with Gasteiger partial charge in [0.15, 0.2) is 0 Å². The van der Waals surface area contributed by atoms with Gasteiger partial charge in [-0.3, -0.25) is 14.4 Å². The summed E-state index contributed by atoms with van der Waals surface area (Å²) in [6, 6.07) is 21.2. The Labute approximate surface area is 260 Å². The molecule has 0 unspecified atom stereocenters. The molecular weight excluding hydrogens is 574 g/mol. The van der Waals surface area contributed by atoms with E-state index in [1.807, 2.05) is 54.6 Å². The molecule has 3 amide bonds. The van der Waals surface area contributed by atoms with E-state index in [1.165, 1.54) is 4.90 Å². The van der Waals surface area contributed by atoms with Crippen LogP contribution in [0.2, 0.25) is 0 Å². The second-order valence-corrected chi connectivity index (χ2v) is 11.4. The predicted octanol–water partition coefficient (Wildman–Crippen LogP) is 1.54. The molecule has 11 nitrogen and oxygen atoms in total. The molecule has 1 aromatic heterocycles. The number of para-hydroxylation sites is 1. The average Bonchev–Trinajstić information content (AvgIpc) is 3.64. The van der Waals surface area contributed by atoms with E-state index in [2.05, 4.69) is 15.6 Å². The lowest BCUT2D eigenvalue weighted by molar-refractivity contribution is -0.145. The zero-order valence-corrected chi connectivity index (χ0v) is 24.6. The molecule has 1 aliphatic rings. The standard InChI is InChI=1S/C34H37N5O6/c35-26(17-23-19-36-27-14-8-7-13-25(23)27)31(41)37-28(15-21-9-3-1-4-10-21)33(43)39-20-24(40)18-30(39)32(42)38-29(34(44)45)16-22-11-5-2-6-12-22/h1-14,19,24,26,28-30,36,40H,15-18,20,35H2,(H,37,41)(H,38,42)(H,44,45)/t24-,26-,28+,29+,30-/m1/s1. The van der Waals surface area contributed by atoms with E-state index < -0.39 is 54.0 Å². The molecule has 234 valence electrons. The van der Waals surface area contributed by atoms with Crippen LogP contribution in [0.15, 0.2) is 91.1 Å². The number of likely N-dealkylation sites (tertiary alicyclic amines) is 1. The highest BCUT2D eigenvalue weighted by Crippen LogP contribution is 2.22. The molecule has 1 fully saturated rings.